The second-order valence-electron chi connectivity index (χ2n) is 3.89. The summed E-state index contributed by atoms with van der Waals surface area (Å²) in [5.74, 6) is 1.52. The van der Waals surface area contributed by atoms with Crippen molar-refractivity contribution in [2.75, 3.05) is 7.11 Å². The molecule has 0 bridgehead atoms. The van der Waals surface area contributed by atoms with E-state index in [1.807, 2.05) is 46.9 Å². The van der Waals surface area contributed by atoms with Gasteiger partial charge in [0.25, 0.3) is 0 Å². The van der Waals surface area contributed by atoms with Gasteiger partial charge in [-0.2, -0.15) is 0 Å². The molecule has 0 atom stereocenters. The van der Waals surface area contributed by atoms with Crippen molar-refractivity contribution in [3.05, 3.63) is 53.7 Å². The Kier molecular flexibility index (Phi) is 2.68. The van der Waals surface area contributed by atoms with E-state index < -0.39 is 0 Å². The molecule has 3 aromatic rings. The molecule has 0 aliphatic rings. The number of halogens is 1. The maximum atomic E-state index is 6.22. The molecule has 0 aliphatic heterocycles. The van der Waals surface area contributed by atoms with Crippen molar-refractivity contribution < 1.29 is 4.74 Å². The molecule has 90 valence electrons. The Hall–Kier alpha value is -2.00. The van der Waals surface area contributed by atoms with Gasteiger partial charge in [-0.05, 0) is 24.3 Å². The third-order valence-corrected chi connectivity index (χ3v) is 3.17. The van der Waals surface area contributed by atoms with Crippen LogP contribution in [0.2, 0.25) is 5.02 Å². The Labute approximate surface area is 110 Å². The maximum absolute atomic E-state index is 6.22. The summed E-state index contributed by atoms with van der Waals surface area (Å²) in [5.41, 5.74) is 1.87. The number of hydrogen-bond acceptors (Lipinski definition) is 2. The number of rotatable bonds is 2. The van der Waals surface area contributed by atoms with E-state index in [4.69, 9.17) is 16.3 Å². The molecule has 1 aromatic carbocycles. The number of aromatic nitrogens is 2. The van der Waals surface area contributed by atoms with Crippen molar-refractivity contribution >= 4 is 17.1 Å². The highest BCUT2D eigenvalue weighted by Crippen LogP contribution is 2.29. The van der Waals surface area contributed by atoms with Gasteiger partial charge in [0, 0.05) is 5.56 Å². The van der Waals surface area contributed by atoms with E-state index in [1.54, 1.807) is 13.3 Å². The molecule has 0 fully saturated rings. The number of imidazole rings is 1. The lowest BCUT2D eigenvalue weighted by atomic mass is 10.2. The monoisotopic (exact) mass is 258 g/mol. The van der Waals surface area contributed by atoms with E-state index in [0.29, 0.717) is 5.02 Å². The Morgan fingerprint density at radius 2 is 1.94 bits per heavy atom. The molecule has 0 unspecified atom stereocenters. The molecule has 0 radical (unpaired) electrons. The number of ether oxygens (including phenoxy) is 1. The number of pyridine rings is 1. The number of nitrogens with zero attached hydrogens (tertiary/aromatic N) is 2. The Morgan fingerprint density at radius 1 is 1.11 bits per heavy atom. The summed E-state index contributed by atoms with van der Waals surface area (Å²) in [6.07, 6.45) is 1.81. The molecule has 0 aliphatic carbocycles. The van der Waals surface area contributed by atoms with Gasteiger partial charge in [-0.25, -0.2) is 4.98 Å². The van der Waals surface area contributed by atoms with Crippen LogP contribution < -0.4 is 4.74 Å². The highest BCUT2D eigenvalue weighted by molar-refractivity contribution is 6.33. The first kappa shape index (κ1) is 11.1. The molecule has 0 saturated carbocycles. The van der Waals surface area contributed by atoms with Gasteiger partial charge in [-0.15, -0.1) is 0 Å². The van der Waals surface area contributed by atoms with Crippen molar-refractivity contribution in [1.82, 2.24) is 9.38 Å². The van der Waals surface area contributed by atoms with E-state index in [1.165, 1.54) is 0 Å². The molecule has 3 rings (SSSR count). The zero-order valence-electron chi connectivity index (χ0n) is 9.80. The highest BCUT2D eigenvalue weighted by Gasteiger charge is 2.12. The maximum Gasteiger partial charge on any atom is 0.199 e. The lowest BCUT2D eigenvalue weighted by Crippen LogP contribution is -1.96. The van der Waals surface area contributed by atoms with Crippen LogP contribution in [-0.4, -0.2) is 16.5 Å². The predicted octanol–water partition coefficient (Wildman–Crippen LogP) is 3.66. The van der Waals surface area contributed by atoms with Crippen LogP contribution in [0.5, 0.6) is 5.88 Å². The SMILES string of the molecule is COc1cccc2cnc(-c3ccccc3Cl)n12. The van der Waals surface area contributed by atoms with Crippen molar-refractivity contribution in [1.29, 1.82) is 0 Å². The third-order valence-electron chi connectivity index (χ3n) is 2.84. The Bertz CT molecular complexity index is 706. The van der Waals surface area contributed by atoms with Gasteiger partial charge in [-0.3, -0.25) is 4.40 Å². The fourth-order valence-corrected chi connectivity index (χ4v) is 2.23. The second-order valence-corrected chi connectivity index (χ2v) is 4.30. The lowest BCUT2D eigenvalue weighted by molar-refractivity contribution is 0.393. The van der Waals surface area contributed by atoms with Gasteiger partial charge in [0.2, 0.25) is 0 Å². The van der Waals surface area contributed by atoms with Crippen LogP contribution in [0.25, 0.3) is 16.9 Å². The largest absolute Gasteiger partial charge is 0.482 e. The molecule has 3 nitrogen and oxygen atoms in total. The van der Waals surface area contributed by atoms with Gasteiger partial charge in [0.15, 0.2) is 5.88 Å². The quantitative estimate of drug-likeness (QED) is 0.701. The minimum Gasteiger partial charge on any atom is -0.482 e. The average molecular weight is 259 g/mol. The first-order valence-electron chi connectivity index (χ1n) is 5.56. The topological polar surface area (TPSA) is 26.5 Å². The van der Waals surface area contributed by atoms with E-state index in [9.17, 15) is 0 Å². The van der Waals surface area contributed by atoms with Crippen molar-refractivity contribution in [2.24, 2.45) is 0 Å². The minimum atomic E-state index is 0.677. The first-order valence-corrected chi connectivity index (χ1v) is 5.94. The van der Waals surface area contributed by atoms with Crippen molar-refractivity contribution in [3.8, 4) is 17.3 Å². The van der Waals surface area contributed by atoms with E-state index in [0.717, 1.165) is 22.8 Å². The molecule has 2 aromatic heterocycles. The summed E-state index contributed by atoms with van der Waals surface area (Å²) >= 11 is 6.22. The Balaban J connectivity index is 2.34. The van der Waals surface area contributed by atoms with Gasteiger partial charge in [-0.1, -0.05) is 29.8 Å². The molecule has 4 heteroatoms. The molecule has 0 N–H and O–H groups in total. The van der Waals surface area contributed by atoms with Crippen molar-refractivity contribution in [3.63, 3.8) is 0 Å². The van der Waals surface area contributed by atoms with Crippen LogP contribution in [0.15, 0.2) is 48.7 Å². The fraction of sp³-hybridized carbons (Fsp3) is 0.0714. The molecular formula is C14H11ClN2O. The normalized spacial score (nSPS) is 10.8. The highest BCUT2D eigenvalue weighted by atomic mass is 35.5. The summed E-state index contributed by atoms with van der Waals surface area (Å²) in [5, 5.41) is 0.677. The number of fused-ring (bicyclic) bond motifs is 1. The van der Waals surface area contributed by atoms with Crippen LogP contribution in [-0.2, 0) is 0 Å². The number of hydrogen-bond donors (Lipinski definition) is 0. The molecule has 0 saturated heterocycles. The number of benzene rings is 1. The molecule has 2 heterocycles. The standard InChI is InChI=1S/C14H11ClN2O/c1-18-13-8-4-5-10-9-16-14(17(10)13)11-6-2-3-7-12(11)15/h2-9H,1H3. The summed E-state index contributed by atoms with van der Waals surface area (Å²) in [6, 6.07) is 13.5. The Morgan fingerprint density at radius 3 is 2.72 bits per heavy atom. The van der Waals surface area contributed by atoms with Crippen molar-refractivity contribution in [2.45, 2.75) is 0 Å². The smallest absolute Gasteiger partial charge is 0.199 e. The minimum absolute atomic E-state index is 0.677. The zero-order valence-corrected chi connectivity index (χ0v) is 10.6. The predicted molar refractivity (Wildman–Crippen MR) is 72.2 cm³/mol. The van der Waals surface area contributed by atoms with Crippen LogP contribution in [0, 0.1) is 0 Å². The van der Waals surface area contributed by atoms with Gasteiger partial charge < -0.3 is 4.74 Å². The summed E-state index contributed by atoms with van der Waals surface area (Å²) in [4.78, 5) is 4.43. The summed E-state index contributed by atoms with van der Waals surface area (Å²) in [6.45, 7) is 0. The van der Waals surface area contributed by atoms with Gasteiger partial charge >= 0.3 is 0 Å². The summed E-state index contributed by atoms with van der Waals surface area (Å²) in [7, 11) is 1.64. The van der Waals surface area contributed by atoms with Crippen LogP contribution in [0.3, 0.4) is 0 Å². The first-order chi connectivity index (χ1) is 8.81. The second kappa shape index (κ2) is 4.35. The number of methoxy groups -OCH3 is 1. The third kappa shape index (κ3) is 1.64. The zero-order chi connectivity index (χ0) is 12.5. The van der Waals surface area contributed by atoms with Crippen LogP contribution in [0.1, 0.15) is 0 Å². The average Bonchev–Trinajstić information content (AvgIpc) is 2.83. The van der Waals surface area contributed by atoms with Gasteiger partial charge in [0.05, 0.1) is 23.8 Å². The molecule has 0 spiro atoms. The fourth-order valence-electron chi connectivity index (χ4n) is 2.01. The van der Waals surface area contributed by atoms with E-state index >= 15 is 0 Å². The van der Waals surface area contributed by atoms with E-state index in [2.05, 4.69) is 4.98 Å². The van der Waals surface area contributed by atoms with E-state index in [-0.39, 0.29) is 0 Å². The van der Waals surface area contributed by atoms with Gasteiger partial charge in [0.1, 0.15) is 5.82 Å². The molecule has 18 heavy (non-hydrogen) atoms. The van der Waals surface area contributed by atoms with Crippen LogP contribution >= 0.6 is 11.6 Å². The lowest BCUT2D eigenvalue weighted by Gasteiger charge is -2.08. The summed E-state index contributed by atoms with van der Waals surface area (Å²) < 4.78 is 7.31. The van der Waals surface area contributed by atoms with Crippen LogP contribution in [0.4, 0.5) is 0 Å². The molecule has 0 amide bonds. The molecular weight excluding hydrogens is 248 g/mol.